The summed E-state index contributed by atoms with van der Waals surface area (Å²) in [6.07, 6.45) is 25.1. The van der Waals surface area contributed by atoms with Crippen molar-refractivity contribution in [3.63, 3.8) is 0 Å². The lowest BCUT2D eigenvalue weighted by Gasteiger charge is -2.31. The van der Waals surface area contributed by atoms with Gasteiger partial charge in [-0.05, 0) is 206 Å². The topological polar surface area (TPSA) is 13.0 Å². The lowest BCUT2D eigenvalue weighted by Crippen LogP contribution is -2.17. The van der Waals surface area contributed by atoms with Crippen LogP contribution in [-0.2, 0) is 6.42 Å². The van der Waals surface area contributed by atoms with E-state index in [-0.39, 0.29) is 0 Å². The van der Waals surface area contributed by atoms with Gasteiger partial charge in [-0.25, -0.2) is 0 Å². The summed E-state index contributed by atoms with van der Waals surface area (Å²) in [7, 11) is 0. The second-order valence-corrected chi connectivity index (χ2v) is 18.4. The summed E-state index contributed by atoms with van der Waals surface area (Å²) < 4.78 is 0. The Kier molecular flexibility index (Phi) is 13.2. The molecular formula is C68H56N4. The first-order chi connectivity index (χ1) is 35.6. The van der Waals surface area contributed by atoms with Gasteiger partial charge in [0, 0.05) is 73.8 Å². The summed E-state index contributed by atoms with van der Waals surface area (Å²) in [5, 5.41) is 2.44. The molecule has 0 saturated heterocycles. The molecule has 11 rings (SSSR count). The number of fused-ring (bicyclic) bond motifs is 2. The van der Waals surface area contributed by atoms with Crippen molar-refractivity contribution in [2.75, 3.05) is 19.6 Å². The van der Waals surface area contributed by atoms with Crippen LogP contribution in [-0.4, -0.2) is 0 Å². The van der Waals surface area contributed by atoms with Crippen molar-refractivity contribution in [1.82, 2.24) is 0 Å². The van der Waals surface area contributed by atoms with Gasteiger partial charge in [0.25, 0.3) is 0 Å². The number of nitrogens with zero attached hydrogens (tertiary/aromatic N) is 4. The molecule has 0 unspecified atom stereocenters. The highest BCUT2D eigenvalue weighted by Gasteiger charge is 2.21. The third-order valence-electron chi connectivity index (χ3n) is 13.7. The fourth-order valence-corrected chi connectivity index (χ4v) is 10.2. The van der Waals surface area contributed by atoms with E-state index in [4.69, 9.17) is 6.42 Å². The van der Waals surface area contributed by atoms with E-state index in [0.717, 1.165) is 99.4 Å². The number of terminal acetylenes is 1. The number of allylic oxidation sites excluding steroid dienone is 5. The molecule has 0 spiro atoms. The van der Waals surface area contributed by atoms with E-state index in [1.54, 1.807) is 0 Å². The Labute approximate surface area is 425 Å². The summed E-state index contributed by atoms with van der Waals surface area (Å²) in [4.78, 5) is 9.39. The van der Waals surface area contributed by atoms with Gasteiger partial charge in [0.2, 0.25) is 0 Å². The quantitative estimate of drug-likeness (QED) is 0.107. The Morgan fingerprint density at radius 1 is 0.444 bits per heavy atom. The maximum atomic E-state index is 5.96. The fourth-order valence-electron chi connectivity index (χ4n) is 10.2. The number of hydrogen-bond donors (Lipinski definition) is 0. The van der Waals surface area contributed by atoms with Crippen LogP contribution in [0.25, 0.3) is 22.9 Å². The van der Waals surface area contributed by atoms with E-state index >= 15 is 0 Å². The lowest BCUT2D eigenvalue weighted by atomic mass is 10.0. The van der Waals surface area contributed by atoms with Crippen LogP contribution in [0.1, 0.15) is 54.9 Å². The molecule has 0 bridgehead atoms. The van der Waals surface area contributed by atoms with Gasteiger partial charge in [0.15, 0.2) is 0 Å². The average molecular weight is 929 g/mol. The van der Waals surface area contributed by atoms with Crippen LogP contribution in [0.5, 0.6) is 0 Å². The van der Waals surface area contributed by atoms with Gasteiger partial charge in [-0.3, -0.25) is 0 Å². The first kappa shape index (κ1) is 45.4. The summed E-state index contributed by atoms with van der Waals surface area (Å²) in [5.41, 5.74) is 17.6. The van der Waals surface area contributed by atoms with E-state index in [1.807, 2.05) is 18.2 Å². The molecule has 0 saturated carbocycles. The molecule has 0 aromatic heterocycles. The minimum atomic E-state index is 0.863. The zero-order chi connectivity index (χ0) is 48.6. The number of para-hydroxylation sites is 2. The van der Waals surface area contributed by atoms with Crippen molar-refractivity contribution >= 4 is 79.8 Å². The van der Waals surface area contributed by atoms with Crippen molar-refractivity contribution < 1.29 is 0 Å². The number of hydrogen-bond acceptors (Lipinski definition) is 4. The van der Waals surface area contributed by atoms with Crippen molar-refractivity contribution in [3.05, 3.63) is 276 Å². The van der Waals surface area contributed by atoms with Crippen molar-refractivity contribution in [3.8, 4) is 12.3 Å². The zero-order valence-corrected chi connectivity index (χ0v) is 40.7. The fraction of sp³-hybridized carbons (Fsp3) is 0.0882. The monoisotopic (exact) mass is 928 g/mol. The van der Waals surface area contributed by atoms with Crippen molar-refractivity contribution in [2.24, 2.45) is 0 Å². The molecule has 9 aromatic carbocycles. The molecule has 348 valence electrons. The van der Waals surface area contributed by atoms with E-state index in [1.165, 1.54) is 34.0 Å². The standard InChI is InChI=1S/C68H56N4/c1-3-52-20-16-18-24-55(52)48-51(2)69(58-26-10-5-11-27-58)61-36-38-62(39-37-61)70(64-42-46-66(47-43-64)72(60-30-14-7-15-31-60)68-35-33-54-22-17-19-25-57(54)50-68)63-40-44-65(45-41-63)71(59-28-12-6-13-29-59)67-34-32-53-21-8-4-9-23-56(53)49-67/h1,5-6,9-14,16-20,22-50H,4,7-8,15,21H2,2H3/b51-48+. The lowest BCUT2D eigenvalue weighted by molar-refractivity contribution is 0.851. The highest BCUT2D eigenvalue weighted by Crippen LogP contribution is 2.43. The molecular weight excluding hydrogens is 873 g/mol. The predicted octanol–water partition coefficient (Wildman–Crippen LogP) is 18.7. The SMILES string of the molecule is C#Cc1ccccc1/C=C(\C)N(c1ccccc1)c1ccc(N(c2ccc(N(C3=CCCC=C3)c3ccc4ccccc4c3)cc2)c2ccc(N(c3ccccc3)c3ccc4c(c3)C=CCCC4)cc2)cc1. The van der Waals surface area contributed by atoms with Gasteiger partial charge in [0.05, 0.1) is 0 Å². The molecule has 0 fully saturated rings. The van der Waals surface area contributed by atoms with Gasteiger partial charge >= 0.3 is 0 Å². The van der Waals surface area contributed by atoms with E-state index in [0.29, 0.717) is 0 Å². The maximum Gasteiger partial charge on any atom is 0.0467 e. The van der Waals surface area contributed by atoms with Crippen molar-refractivity contribution in [2.45, 2.75) is 39.0 Å². The average Bonchev–Trinajstić information content (AvgIpc) is 3.69. The molecule has 2 aliphatic carbocycles. The number of aryl methyl sites for hydroxylation is 1. The largest absolute Gasteiger partial charge is 0.314 e. The van der Waals surface area contributed by atoms with Crippen LogP contribution in [0.3, 0.4) is 0 Å². The highest BCUT2D eigenvalue weighted by molar-refractivity contribution is 5.89. The van der Waals surface area contributed by atoms with Gasteiger partial charge in [-0.1, -0.05) is 121 Å². The summed E-state index contributed by atoms with van der Waals surface area (Å²) in [5.74, 6) is 2.87. The smallest absolute Gasteiger partial charge is 0.0467 e. The van der Waals surface area contributed by atoms with Gasteiger partial charge in [-0.2, -0.15) is 0 Å². The molecule has 0 amide bonds. The van der Waals surface area contributed by atoms with Gasteiger partial charge in [0.1, 0.15) is 0 Å². The van der Waals surface area contributed by atoms with E-state index in [9.17, 15) is 0 Å². The zero-order valence-electron chi connectivity index (χ0n) is 40.7. The normalized spacial score (nSPS) is 13.1. The number of benzene rings is 9. The minimum absolute atomic E-state index is 0.863. The first-order valence-corrected chi connectivity index (χ1v) is 25.1. The molecule has 0 atom stereocenters. The second kappa shape index (κ2) is 20.9. The Morgan fingerprint density at radius 2 is 0.944 bits per heavy atom. The predicted molar refractivity (Wildman–Crippen MR) is 307 cm³/mol. The van der Waals surface area contributed by atoms with E-state index in [2.05, 4.69) is 269 Å². The molecule has 9 aromatic rings. The third kappa shape index (κ3) is 9.62. The summed E-state index contributed by atoms with van der Waals surface area (Å²) >= 11 is 0. The Balaban J connectivity index is 1.00. The molecule has 0 aliphatic heterocycles. The summed E-state index contributed by atoms with van der Waals surface area (Å²) in [6, 6.07) is 78.5. The molecule has 0 N–H and O–H groups in total. The van der Waals surface area contributed by atoms with Crippen molar-refractivity contribution in [1.29, 1.82) is 0 Å². The molecule has 2 aliphatic rings. The van der Waals surface area contributed by atoms with Crippen LogP contribution in [0.15, 0.2) is 254 Å². The van der Waals surface area contributed by atoms with Gasteiger partial charge in [-0.15, -0.1) is 6.42 Å². The Morgan fingerprint density at radius 3 is 1.60 bits per heavy atom. The minimum Gasteiger partial charge on any atom is -0.314 e. The number of rotatable bonds is 13. The molecule has 4 heteroatoms. The summed E-state index contributed by atoms with van der Waals surface area (Å²) in [6.45, 7) is 2.14. The van der Waals surface area contributed by atoms with Crippen LogP contribution >= 0.6 is 0 Å². The van der Waals surface area contributed by atoms with Gasteiger partial charge < -0.3 is 19.6 Å². The Hall–Kier alpha value is -9.04. The maximum absolute atomic E-state index is 5.96. The van der Waals surface area contributed by atoms with Crippen LogP contribution in [0.2, 0.25) is 0 Å². The number of anilines is 10. The molecule has 72 heavy (non-hydrogen) atoms. The molecule has 0 radical (unpaired) electrons. The molecule has 4 nitrogen and oxygen atoms in total. The third-order valence-corrected chi connectivity index (χ3v) is 13.7. The molecule has 0 heterocycles. The van der Waals surface area contributed by atoms with Crippen LogP contribution in [0.4, 0.5) is 56.9 Å². The van der Waals surface area contributed by atoms with Crippen LogP contribution < -0.4 is 19.6 Å². The van der Waals surface area contributed by atoms with Crippen LogP contribution in [0, 0.1) is 12.3 Å². The second-order valence-electron chi connectivity index (χ2n) is 18.4. The Bertz CT molecular complexity index is 3510. The first-order valence-electron chi connectivity index (χ1n) is 25.1. The highest BCUT2D eigenvalue weighted by atomic mass is 15.2. The van der Waals surface area contributed by atoms with E-state index < -0.39 is 0 Å².